The number of rotatable bonds is 5. The first-order chi connectivity index (χ1) is 16.4. The molecule has 4 rings (SSSR count). The fourth-order valence-corrected chi connectivity index (χ4v) is 5.96. The van der Waals surface area contributed by atoms with Gasteiger partial charge in [-0.05, 0) is 62.9 Å². The molecule has 1 saturated heterocycles. The lowest BCUT2D eigenvalue weighted by molar-refractivity contribution is -0.121. The van der Waals surface area contributed by atoms with E-state index >= 15 is 0 Å². The van der Waals surface area contributed by atoms with E-state index in [9.17, 15) is 19.6 Å². The minimum atomic E-state index is -0.506. The molecular formula is C24H25N5O3S2. The van der Waals surface area contributed by atoms with E-state index in [4.69, 9.17) is 0 Å². The van der Waals surface area contributed by atoms with Gasteiger partial charge < -0.3 is 15.5 Å². The number of aliphatic imine (C=N–C) groups is 1. The van der Waals surface area contributed by atoms with E-state index in [1.54, 1.807) is 24.3 Å². The molecule has 3 heterocycles. The summed E-state index contributed by atoms with van der Waals surface area (Å²) in [6.45, 7) is 5.57. The highest BCUT2D eigenvalue weighted by Gasteiger charge is 2.33. The highest BCUT2D eigenvalue weighted by Crippen LogP contribution is 2.32. The van der Waals surface area contributed by atoms with Gasteiger partial charge in [0.05, 0.1) is 5.56 Å². The number of benzene rings is 1. The Balaban J connectivity index is 1.31. The lowest BCUT2D eigenvalue weighted by Crippen LogP contribution is -2.33. The maximum absolute atomic E-state index is 12.6. The fourth-order valence-electron chi connectivity index (χ4n) is 3.84. The molecule has 2 aliphatic rings. The zero-order chi connectivity index (χ0) is 24.2. The predicted octanol–water partition coefficient (Wildman–Crippen LogP) is 4.30. The van der Waals surface area contributed by atoms with Crippen LogP contribution >= 0.6 is 23.1 Å². The highest BCUT2D eigenvalue weighted by molar-refractivity contribution is 8.15. The minimum absolute atomic E-state index is 0.0423. The van der Waals surface area contributed by atoms with Crippen LogP contribution in [0.2, 0.25) is 0 Å². The van der Waals surface area contributed by atoms with Crippen LogP contribution in [0, 0.1) is 25.2 Å². The average Bonchev–Trinajstić information content (AvgIpc) is 3.32. The molecule has 8 nitrogen and oxygen atoms in total. The van der Waals surface area contributed by atoms with E-state index < -0.39 is 5.25 Å². The number of amidine groups is 1. The molecule has 2 aromatic rings. The number of hydrogen-bond donors (Lipinski definition) is 2. The molecule has 10 heteroatoms. The first-order valence-corrected chi connectivity index (χ1v) is 12.8. The predicted molar refractivity (Wildman–Crippen MR) is 135 cm³/mol. The summed E-state index contributed by atoms with van der Waals surface area (Å²) in [5.74, 6) is -0.865. The van der Waals surface area contributed by atoms with Gasteiger partial charge in [-0.3, -0.25) is 14.4 Å². The van der Waals surface area contributed by atoms with Gasteiger partial charge in [-0.15, -0.1) is 11.3 Å². The van der Waals surface area contributed by atoms with Gasteiger partial charge in [0.2, 0.25) is 5.91 Å². The van der Waals surface area contributed by atoms with Crippen molar-refractivity contribution in [2.45, 2.75) is 44.8 Å². The van der Waals surface area contributed by atoms with Crippen molar-refractivity contribution < 1.29 is 14.4 Å². The van der Waals surface area contributed by atoms with E-state index in [-0.39, 0.29) is 24.1 Å². The third-order valence-corrected chi connectivity index (χ3v) is 8.22. The molecule has 1 aromatic carbocycles. The Morgan fingerprint density at radius 3 is 2.53 bits per heavy atom. The zero-order valence-corrected chi connectivity index (χ0v) is 20.6. The number of nitrogens with one attached hydrogen (secondary N) is 2. The second-order valence-electron chi connectivity index (χ2n) is 8.27. The quantitative estimate of drug-likeness (QED) is 0.639. The first kappa shape index (κ1) is 24.0. The Morgan fingerprint density at radius 1 is 1.15 bits per heavy atom. The summed E-state index contributed by atoms with van der Waals surface area (Å²) in [6, 6.07) is 8.64. The molecule has 0 saturated carbocycles. The number of piperidine rings is 1. The molecule has 1 atom stereocenters. The van der Waals surface area contributed by atoms with Gasteiger partial charge in [0, 0.05) is 35.6 Å². The maximum Gasteiger partial charge on any atom is 0.262 e. The molecule has 0 bridgehead atoms. The Hall–Kier alpha value is -3.16. The monoisotopic (exact) mass is 495 g/mol. The molecular weight excluding hydrogens is 470 g/mol. The number of amides is 3. The number of carbonyl (C=O) groups excluding carboxylic acids is 3. The summed E-state index contributed by atoms with van der Waals surface area (Å²) in [4.78, 5) is 44.7. The largest absolute Gasteiger partial charge is 0.351 e. The van der Waals surface area contributed by atoms with Crippen LogP contribution in [-0.4, -0.2) is 46.1 Å². The first-order valence-electron chi connectivity index (χ1n) is 11.1. The van der Waals surface area contributed by atoms with Crippen LogP contribution in [0.1, 0.15) is 52.0 Å². The van der Waals surface area contributed by atoms with Gasteiger partial charge in [-0.1, -0.05) is 11.8 Å². The molecule has 3 amide bonds. The maximum atomic E-state index is 12.6. The summed E-state index contributed by atoms with van der Waals surface area (Å²) in [7, 11) is 0. The molecule has 1 fully saturated rings. The summed E-state index contributed by atoms with van der Waals surface area (Å²) >= 11 is 2.74. The number of aryl methyl sites for hydroxylation is 1. The Morgan fingerprint density at radius 2 is 1.85 bits per heavy atom. The van der Waals surface area contributed by atoms with E-state index in [1.807, 2.05) is 13.8 Å². The number of thiophene rings is 1. The number of likely N-dealkylation sites (tertiary alicyclic amines) is 1. The summed E-state index contributed by atoms with van der Waals surface area (Å²) in [6.07, 6.45) is 3.43. The molecule has 1 unspecified atom stereocenters. The second-order valence-corrected chi connectivity index (χ2v) is 10.7. The van der Waals surface area contributed by atoms with Crippen molar-refractivity contribution in [3.05, 3.63) is 45.8 Å². The Kier molecular flexibility index (Phi) is 7.34. The molecule has 2 aliphatic heterocycles. The van der Waals surface area contributed by atoms with Gasteiger partial charge in [0.1, 0.15) is 16.3 Å². The van der Waals surface area contributed by atoms with Crippen LogP contribution in [-0.2, 0) is 9.59 Å². The van der Waals surface area contributed by atoms with Gasteiger partial charge >= 0.3 is 0 Å². The molecule has 0 radical (unpaired) electrons. The van der Waals surface area contributed by atoms with E-state index in [0.29, 0.717) is 21.8 Å². The second kappa shape index (κ2) is 10.4. The number of nitrogens with zero attached hydrogens (tertiary/aromatic N) is 3. The third kappa shape index (κ3) is 5.32. The van der Waals surface area contributed by atoms with E-state index in [0.717, 1.165) is 41.5 Å². The van der Waals surface area contributed by atoms with Crippen molar-refractivity contribution in [1.82, 2.24) is 4.90 Å². The van der Waals surface area contributed by atoms with Crippen molar-refractivity contribution in [2.24, 2.45) is 4.99 Å². The minimum Gasteiger partial charge on any atom is -0.351 e. The Bertz CT molecular complexity index is 1190. The molecule has 176 valence electrons. The normalized spacial score (nSPS) is 17.8. The van der Waals surface area contributed by atoms with Crippen LogP contribution in [0.4, 0.5) is 10.7 Å². The van der Waals surface area contributed by atoms with Crippen LogP contribution < -0.4 is 10.6 Å². The van der Waals surface area contributed by atoms with Gasteiger partial charge in [-0.2, -0.15) is 10.3 Å². The fraction of sp³-hybridized carbons (Fsp3) is 0.375. The van der Waals surface area contributed by atoms with Crippen molar-refractivity contribution in [2.75, 3.05) is 23.7 Å². The number of nitriles is 1. The Labute approximate surface area is 206 Å². The van der Waals surface area contributed by atoms with Gasteiger partial charge in [-0.25, -0.2) is 0 Å². The topological polar surface area (TPSA) is 115 Å². The smallest absolute Gasteiger partial charge is 0.262 e. The highest BCUT2D eigenvalue weighted by atomic mass is 32.2. The van der Waals surface area contributed by atoms with Crippen molar-refractivity contribution >= 4 is 56.7 Å². The van der Waals surface area contributed by atoms with Gasteiger partial charge in [0.15, 0.2) is 5.17 Å². The average molecular weight is 496 g/mol. The number of carbonyl (C=O) groups is 3. The van der Waals surface area contributed by atoms with Crippen LogP contribution in [0.15, 0.2) is 29.3 Å². The summed E-state index contributed by atoms with van der Waals surface area (Å²) in [5, 5.41) is 15.7. The number of hydrogen-bond acceptors (Lipinski definition) is 7. The molecule has 1 aromatic heterocycles. The number of thioether (sulfide) groups is 1. The SMILES string of the molecule is Cc1sc(NC(=O)c2ccc(NC(=O)CC3SC(N4CCCCC4)=NC3=O)cc2)c(C#N)c1C. The standard InChI is InChI=1S/C24H25N5O3S2/c1-14-15(2)33-23(18(14)13-25)27-21(31)16-6-8-17(9-7-16)26-20(30)12-19-22(32)28-24(34-19)29-10-4-3-5-11-29/h6-9,19H,3-5,10-12H2,1-2H3,(H,26,30)(H,27,31). The molecule has 2 N–H and O–H groups in total. The lowest BCUT2D eigenvalue weighted by Gasteiger charge is -2.27. The van der Waals surface area contributed by atoms with E-state index in [1.165, 1.54) is 29.5 Å². The molecule has 0 spiro atoms. The zero-order valence-electron chi connectivity index (χ0n) is 19.0. The van der Waals surface area contributed by atoms with Gasteiger partial charge in [0.25, 0.3) is 11.8 Å². The van der Waals surface area contributed by atoms with Crippen LogP contribution in [0.3, 0.4) is 0 Å². The summed E-state index contributed by atoms with van der Waals surface area (Å²) < 4.78 is 0. The number of anilines is 2. The summed E-state index contributed by atoms with van der Waals surface area (Å²) in [5.41, 5.74) is 2.29. The van der Waals surface area contributed by atoms with Crippen molar-refractivity contribution in [1.29, 1.82) is 5.26 Å². The molecule has 0 aliphatic carbocycles. The van der Waals surface area contributed by atoms with Crippen molar-refractivity contribution in [3.63, 3.8) is 0 Å². The van der Waals surface area contributed by atoms with Crippen molar-refractivity contribution in [3.8, 4) is 6.07 Å². The molecule has 34 heavy (non-hydrogen) atoms. The van der Waals surface area contributed by atoms with Crippen LogP contribution in [0.5, 0.6) is 0 Å². The van der Waals surface area contributed by atoms with Crippen LogP contribution in [0.25, 0.3) is 0 Å². The third-order valence-electron chi connectivity index (χ3n) is 5.88. The van der Waals surface area contributed by atoms with E-state index in [2.05, 4.69) is 26.6 Å². The lowest BCUT2D eigenvalue weighted by atomic mass is 10.1.